The van der Waals surface area contributed by atoms with Crippen LogP contribution in [0.3, 0.4) is 0 Å². The number of nitrogens with zero attached hydrogens (tertiary/aromatic N) is 2. The zero-order chi connectivity index (χ0) is 15.2. The van der Waals surface area contributed by atoms with Gasteiger partial charge in [0.1, 0.15) is 0 Å². The van der Waals surface area contributed by atoms with Gasteiger partial charge in [-0.05, 0) is 30.2 Å². The Morgan fingerprint density at radius 3 is 2.76 bits per heavy atom. The van der Waals surface area contributed by atoms with Crippen molar-refractivity contribution in [1.29, 1.82) is 5.26 Å². The molecule has 0 aliphatic heterocycles. The molecule has 1 unspecified atom stereocenters. The summed E-state index contributed by atoms with van der Waals surface area (Å²) in [6.45, 7) is 2.52. The SMILES string of the molecule is CC(NCc1cccc([N+](=O)[O-])c1)c1cccc(C#N)c1. The lowest BCUT2D eigenvalue weighted by atomic mass is 10.1. The first-order valence-corrected chi connectivity index (χ1v) is 6.57. The molecule has 0 amide bonds. The van der Waals surface area contributed by atoms with Crippen molar-refractivity contribution in [3.63, 3.8) is 0 Å². The van der Waals surface area contributed by atoms with Crippen LogP contribution in [-0.2, 0) is 6.54 Å². The Balaban J connectivity index is 2.04. The predicted octanol–water partition coefficient (Wildman–Crippen LogP) is 3.32. The Morgan fingerprint density at radius 2 is 2.05 bits per heavy atom. The van der Waals surface area contributed by atoms with E-state index in [1.54, 1.807) is 18.2 Å². The fourth-order valence-electron chi connectivity index (χ4n) is 2.05. The van der Waals surface area contributed by atoms with Gasteiger partial charge in [-0.25, -0.2) is 0 Å². The summed E-state index contributed by atoms with van der Waals surface area (Å²) in [5.41, 5.74) is 2.58. The van der Waals surface area contributed by atoms with Crippen LogP contribution in [0.5, 0.6) is 0 Å². The summed E-state index contributed by atoms with van der Waals surface area (Å²) in [4.78, 5) is 10.3. The van der Waals surface area contributed by atoms with Gasteiger partial charge in [-0.2, -0.15) is 5.26 Å². The summed E-state index contributed by atoms with van der Waals surface area (Å²) in [5, 5.41) is 22.9. The summed E-state index contributed by atoms with van der Waals surface area (Å²) >= 11 is 0. The lowest BCUT2D eigenvalue weighted by molar-refractivity contribution is -0.384. The second kappa shape index (κ2) is 6.64. The minimum absolute atomic E-state index is 0.0533. The molecule has 0 aromatic heterocycles. The minimum atomic E-state index is -0.399. The van der Waals surface area contributed by atoms with Crippen LogP contribution in [0.4, 0.5) is 5.69 Å². The Morgan fingerprint density at radius 1 is 1.29 bits per heavy atom. The van der Waals surface area contributed by atoms with Crippen molar-refractivity contribution in [3.8, 4) is 6.07 Å². The lowest BCUT2D eigenvalue weighted by Gasteiger charge is -2.14. The third-order valence-corrected chi connectivity index (χ3v) is 3.25. The molecule has 1 atom stereocenters. The molecule has 0 aliphatic carbocycles. The van der Waals surface area contributed by atoms with Crippen LogP contribution in [-0.4, -0.2) is 4.92 Å². The van der Waals surface area contributed by atoms with Crippen LogP contribution in [0.25, 0.3) is 0 Å². The molecular weight excluding hydrogens is 266 g/mol. The molecule has 0 fully saturated rings. The smallest absolute Gasteiger partial charge is 0.269 e. The van der Waals surface area contributed by atoms with E-state index in [-0.39, 0.29) is 11.7 Å². The number of rotatable bonds is 5. The summed E-state index contributed by atoms with van der Waals surface area (Å²) in [7, 11) is 0. The van der Waals surface area contributed by atoms with Gasteiger partial charge in [-0.1, -0.05) is 24.3 Å². The van der Waals surface area contributed by atoms with E-state index >= 15 is 0 Å². The van der Waals surface area contributed by atoms with E-state index in [1.165, 1.54) is 6.07 Å². The average molecular weight is 281 g/mol. The summed E-state index contributed by atoms with van der Waals surface area (Å²) < 4.78 is 0. The second-order valence-electron chi connectivity index (χ2n) is 4.77. The Bertz CT molecular complexity index is 692. The van der Waals surface area contributed by atoms with Crippen LogP contribution in [0.15, 0.2) is 48.5 Å². The van der Waals surface area contributed by atoms with Gasteiger partial charge in [0.15, 0.2) is 0 Å². The van der Waals surface area contributed by atoms with E-state index in [0.717, 1.165) is 11.1 Å². The number of nitro benzene ring substituents is 1. The fraction of sp³-hybridized carbons (Fsp3) is 0.188. The van der Waals surface area contributed by atoms with Gasteiger partial charge in [0, 0.05) is 24.7 Å². The highest BCUT2D eigenvalue weighted by Gasteiger charge is 2.08. The second-order valence-corrected chi connectivity index (χ2v) is 4.77. The number of non-ortho nitro benzene ring substituents is 1. The van der Waals surface area contributed by atoms with E-state index in [1.807, 2.05) is 31.2 Å². The number of hydrogen-bond donors (Lipinski definition) is 1. The zero-order valence-corrected chi connectivity index (χ0v) is 11.6. The largest absolute Gasteiger partial charge is 0.306 e. The molecule has 2 aromatic carbocycles. The van der Waals surface area contributed by atoms with Crippen molar-refractivity contribution in [2.75, 3.05) is 0 Å². The van der Waals surface area contributed by atoms with Crippen molar-refractivity contribution in [2.24, 2.45) is 0 Å². The maximum Gasteiger partial charge on any atom is 0.269 e. The zero-order valence-electron chi connectivity index (χ0n) is 11.6. The van der Waals surface area contributed by atoms with E-state index in [0.29, 0.717) is 12.1 Å². The number of hydrogen-bond acceptors (Lipinski definition) is 4. The van der Waals surface area contributed by atoms with Crippen LogP contribution in [0.2, 0.25) is 0 Å². The molecule has 0 saturated carbocycles. The lowest BCUT2D eigenvalue weighted by Crippen LogP contribution is -2.18. The molecule has 5 nitrogen and oxygen atoms in total. The minimum Gasteiger partial charge on any atom is -0.306 e. The molecule has 0 radical (unpaired) electrons. The van der Waals surface area contributed by atoms with Crippen molar-refractivity contribution in [2.45, 2.75) is 19.5 Å². The molecule has 5 heteroatoms. The average Bonchev–Trinajstić information content (AvgIpc) is 2.53. The van der Waals surface area contributed by atoms with E-state index in [2.05, 4.69) is 11.4 Å². The molecule has 0 spiro atoms. The molecule has 0 heterocycles. The number of nitrogens with one attached hydrogen (secondary N) is 1. The first-order chi connectivity index (χ1) is 10.1. The number of benzene rings is 2. The van der Waals surface area contributed by atoms with Crippen molar-refractivity contribution in [3.05, 3.63) is 75.3 Å². The molecule has 21 heavy (non-hydrogen) atoms. The van der Waals surface area contributed by atoms with E-state index in [4.69, 9.17) is 5.26 Å². The topological polar surface area (TPSA) is 79.0 Å². The van der Waals surface area contributed by atoms with Crippen molar-refractivity contribution in [1.82, 2.24) is 5.32 Å². The Labute approximate surface area is 123 Å². The highest BCUT2D eigenvalue weighted by molar-refractivity contribution is 5.35. The first-order valence-electron chi connectivity index (χ1n) is 6.57. The third-order valence-electron chi connectivity index (χ3n) is 3.25. The molecule has 2 aromatic rings. The normalized spacial score (nSPS) is 11.6. The Hall–Kier alpha value is -2.71. The Kier molecular flexibility index (Phi) is 4.64. The molecule has 0 saturated heterocycles. The predicted molar refractivity (Wildman–Crippen MR) is 79.5 cm³/mol. The third kappa shape index (κ3) is 3.88. The molecular formula is C16H15N3O2. The van der Waals surface area contributed by atoms with Gasteiger partial charge in [0.05, 0.1) is 16.6 Å². The maximum absolute atomic E-state index is 10.7. The number of nitriles is 1. The van der Waals surface area contributed by atoms with Crippen LogP contribution >= 0.6 is 0 Å². The number of nitro groups is 1. The standard InChI is InChI=1S/C16H15N3O2/c1-12(15-6-2-4-13(8-15)10-17)18-11-14-5-3-7-16(9-14)19(20)21/h2-9,12,18H,11H2,1H3. The van der Waals surface area contributed by atoms with E-state index < -0.39 is 4.92 Å². The van der Waals surface area contributed by atoms with Crippen molar-refractivity contribution >= 4 is 5.69 Å². The molecule has 0 aliphatic rings. The molecule has 0 bridgehead atoms. The van der Waals surface area contributed by atoms with E-state index in [9.17, 15) is 10.1 Å². The molecule has 2 rings (SSSR count). The van der Waals surface area contributed by atoms with Gasteiger partial charge < -0.3 is 5.32 Å². The van der Waals surface area contributed by atoms with Crippen LogP contribution < -0.4 is 5.32 Å². The monoisotopic (exact) mass is 281 g/mol. The first kappa shape index (κ1) is 14.7. The van der Waals surface area contributed by atoms with Gasteiger partial charge >= 0.3 is 0 Å². The summed E-state index contributed by atoms with van der Waals surface area (Å²) in [6, 6.07) is 16.1. The highest BCUT2D eigenvalue weighted by atomic mass is 16.6. The summed E-state index contributed by atoms with van der Waals surface area (Å²) in [6.07, 6.45) is 0. The maximum atomic E-state index is 10.7. The van der Waals surface area contributed by atoms with Gasteiger partial charge in [0.2, 0.25) is 0 Å². The fourth-order valence-corrected chi connectivity index (χ4v) is 2.05. The van der Waals surface area contributed by atoms with Gasteiger partial charge in [-0.3, -0.25) is 10.1 Å². The van der Waals surface area contributed by atoms with Gasteiger partial charge in [-0.15, -0.1) is 0 Å². The van der Waals surface area contributed by atoms with Crippen LogP contribution in [0, 0.1) is 21.4 Å². The molecule has 1 N–H and O–H groups in total. The highest BCUT2D eigenvalue weighted by Crippen LogP contribution is 2.16. The van der Waals surface area contributed by atoms with Crippen LogP contribution in [0.1, 0.15) is 29.7 Å². The van der Waals surface area contributed by atoms with Gasteiger partial charge in [0.25, 0.3) is 5.69 Å². The van der Waals surface area contributed by atoms with Crippen molar-refractivity contribution < 1.29 is 4.92 Å². The molecule has 106 valence electrons. The summed E-state index contributed by atoms with van der Waals surface area (Å²) in [5.74, 6) is 0. The quantitative estimate of drug-likeness (QED) is 0.673.